The van der Waals surface area contributed by atoms with Gasteiger partial charge >= 0.3 is 6.18 Å². The van der Waals surface area contributed by atoms with Gasteiger partial charge in [-0.05, 0) is 11.6 Å². The lowest BCUT2D eigenvalue weighted by Crippen LogP contribution is -2.11. The van der Waals surface area contributed by atoms with E-state index in [9.17, 15) is 17.6 Å². The molecule has 1 aromatic carbocycles. The van der Waals surface area contributed by atoms with Crippen LogP contribution in [0.3, 0.4) is 0 Å². The summed E-state index contributed by atoms with van der Waals surface area (Å²) in [5.74, 6) is -0.932. The van der Waals surface area contributed by atoms with Gasteiger partial charge in [0.1, 0.15) is 5.82 Å². The summed E-state index contributed by atoms with van der Waals surface area (Å²) in [5.41, 5.74) is -1.56. The van der Waals surface area contributed by atoms with Gasteiger partial charge in [-0.2, -0.15) is 13.2 Å². The number of benzene rings is 1. The van der Waals surface area contributed by atoms with Crippen LogP contribution in [0.15, 0.2) is 42.6 Å². The second-order valence-electron chi connectivity index (χ2n) is 3.38. The lowest BCUT2D eigenvalue weighted by molar-refractivity contribution is -0.140. The van der Waals surface area contributed by atoms with Gasteiger partial charge in [0.25, 0.3) is 0 Å². The Morgan fingerprint density at radius 2 is 1.59 bits per heavy atom. The summed E-state index contributed by atoms with van der Waals surface area (Å²) in [7, 11) is 0. The first-order chi connectivity index (χ1) is 8.00. The number of rotatable bonds is 1. The molecule has 0 amide bonds. The number of hydrogen-bond donors (Lipinski definition) is 0. The molecule has 17 heavy (non-hydrogen) atoms. The van der Waals surface area contributed by atoms with Crippen molar-refractivity contribution in [1.82, 2.24) is 4.98 Å². The second-order valence-corrected chi connectivity index (χ2v) is 3.38. The van der Waals surface area contributed by atoms with Crippen LogP contribution in [0.2, 0.25) is 0 Å². The molecule has 0 aliphatic heterocycles. The highest BCUT2D eigenvalue weighted by Crippen LogP contribution is 2.36. The van der Waals surface area contributed by atoms with Crippen LogP contribution in [0.5, 0.6) is 0 Å². The molecule has 0 aliphatic rings. The highest BCUT2D eigenvalue weighted by atomic mass is 19.4. The molecule has 88 valence electrons. The van der Waals surface area contributed by atoms with E-state index in [2.05, 4.69) is 4.98 Å². The number of nitrogens with zero attached hydrogens (tertiary/aromatic N) is 1. The van der Waals surface area contributed by atoms with E-state index in [0.717, 1.165) is 12.3 Å². The molecular formula is C12H7F4N. The van der Waals surface area contributed by atoms with Crippen molar-refractivity contribution in [1.29, 1.82) is 0 Å². The zero-order valence-corrected chi connectivity index (χ0v) is 8.50. The number of alkyl halides is 3. The maximum atomic E-state index is 13.5. The van der Waals surface area contributed by atoms with Gasteiger partial charge in [-0.25, -0.2) is 4.39 Å². The van der Waals surface area contributed by atoms with Crippen LogP contribution < -0.4 is 0 Å². The molecule has 0 unspecified atom stereocenters. The molecule has 2 aromatic rings. The van der Waals surface area contributed by atoms with E-state index in [1.165, 1.54) is 12.1 Å². The molecule has 5 heteroatoms. The Hall–Kier alpha value is -1.91. The SMILES string of the molecule is Fc1ccnc(C(F)(F)F)c1-c1ccccc1. The Labute approximate surface area is 94.7 Å². The lowest BCUT2D eigenvalue weighted by atomic mass is 10.0. The summed E-state index contributed by atoms with van der Waals surface area (Å²) in [6.45, 7) is 0. The van der Waals surface area contributed by atoms with E-state index >= 15 is 0 Å². The number of halogens is 4. The first kappa shape index (κ1) is 11.6. The maximum Gasteiger partial charge on any atom is 0.434 e. The van der Waals surface area contributed by atoms with Crippen molar-refractivity contribution in [2.24, 2.45) is 0 Å². The Bertz CT molecular complexity index is 520. The van der Waals surface area contributed by atoms with Gasteiger partial charge in [0.2, 0.25) is 0 Å². The van der Waals surface area contributed by atoms with Crippen molar-refractivity contribution in [3.63, 3.8) is 0 Å². The first-order valence-corrected chi connectivity index (χ1v) is 4.77. The minimum absolute atomic E-state index is 0.158. The smallest absolute Gasteiger partial charge is 0.251 e. The van der Waals surface area contributed by atoms with Crippen molar-refractivity contribution in [2.75, 3.05) is 0 Å². The third-order valence-corrected chi connectivity index (χ3v) is 2.23. The Morgan fingerprint density at radius 3 is 2.18 bits per heavy atom. The average Bonchev–Trinajstić information content (AvgIpc) is 2.28. The molecule has 0 saturated heterocycles. The van der Waals surface area contributed by atoms with Gasteiger partial charge in [-0.3, -0.25) is 4.98 Å². The molecule has 0 aliphatic carbocycles. The topological polar surface area (TPSA) is 12.9 Å². The third kappa shape index (κ3) is 2.27. The fraction of sp³-hybridized carbons (Fsp3) is 0.0833. The molecule has 0 bridgehead atoms. The second kappa shape index (κ2) is 4.16. The van der Waals surface area contributed by atoms with Crippen molar-refractivity contribution in [2.45, 2.75) is 6.18 Å². The highest BCUT2D eigenvalue weighted by Gasteiger charge is 2.36. The maximum absolute atomic E-state index is 13.5. The predicted molar refractivity (Wildman–Crippen MR) is 54.6 cm³/mol. The van der Waals surface area contributed by atoms with E-state index in [-0.39, 0.29) is 5.56 Å². The summed E-state index contributed by atoms with van der Waals surface area (Å²) in [5, 5.41) is 0. The van der Waals surface area contributed by atoms with Gasteiger partial charge in [0, 0.05) is 11.8 Å². The minimum atomic E-state index is -4.67. The predicted octanol–water partition coefficient (Wildman–Crippen LogP) is 3.91. The molecule has 0 N–H and O–H groups in total. The lowest BCUT2D eigenvalue weighted by Gasteiger charge is -2.12. The van der Waals surface area contributed by atoms with Crippen molar-refractivity contribution >= 4 is 0 Å². The summed E-state index contributed by atoms with van der Waals surface area (Å²) in [6.07, 6.45) is -3.86. The summed E-state index contributed by atoms with van der Waals surface area (Å²) in [4.78, 5) is 3.22. The van der Waals surface area contributed by atoms with Crippen LogP contribution in [0.1, 0.15) is 5.69 Å². The minimum Gasteiger partial charge on any atom is -0.251 e. The van der Waals surface area contributed by atoms with E-state index in [4.69, 9.17) is 0 Å². The fourth-order valence-corrected chi connectivity index (χ4v) is 1.53. The standard InChI is InChI=1S/C12H7F4N/c13-9-6-7-17-11(12(14,15)16)10(9)8-4-2-1-3-5-8/h1-7H. The Morgan fingerprint density at radius 1 is 0.941 bits per heavy atom. The van der Waals surface area contributed by atoms with Gasteiger partial charge < -0.3 is 0 Å². The van der Waals surface area contributed by atoms with Crippen LogP contribution in [0, 0.1) is 5.82 Å². The van der Waals surface area contributed by atoms with Crippen molar-refractivity contribution < 1.29 is 17.6 Å². The summed E-state index contributed by atoms with van der Waals surface area (Å²) >= 11 is 0. The van der Waals surface area contributed by atoms with E-state index in [1.54, 1.807) is 18.2 Å². The molecule has 0 atom stereocenters. The highest BCUT2D eigenvalue weighted by molar-refractivity contribution is 5.66. The molecular weight excluding hydrogens is 234 g/mol. The zero-order chi connectivity index (χ0) is 12.5. The molecule has 1 nitrogen and oxygen atoms in total. The van der Waals surface area contributed by atoms with Gasteiger partial charge in [0.15, 0.2) is 5.69 Å². The molecule has 0 saturated carbocycles. The van der Waals surface area contributed by atoms with E-state index in [0.29, 0.717) is 0 Å². The van der Waals surface area contributed by atoms with Crippen LogP contribution in [0.4, 0.5) is 17.6 Å². The Balaban J connectivity index is 2.69. The molecule has 1 heterocycles. The molecule has 2 rings (SSSR count). The normalized spacial score (nSPS) is 11.5. The van der Waals surface area contributed by atoms with Crippen molar-refractivity contribution in [3.05, 3.63) is 54.1 Å². The van der Waals surface area contributed by atoms with E-state index in [1.807, 2.05) is 0 Å². The fourth-order valence-electron chi connectivity index (χ4n) is 1.53. The molecule has 0 spiro atoms. The Kier molecular flexibility index (Phi) is 2.83. The average molecular weight is 241 g/mol. The van der Waals surface area contributed by atoms with Gasteiger partial charge in [-0.1, -0.05) is 30.3 Å². The largest absolute Gasteiger partial charge is 0.434 e. The number of hydrogen-bond acceptors (Lipinski definition) is 1. The third-order valence-electron chi connectivity index (χ3n) is 2.23. The quantitative estimate of drug-likeness (QED) is 0.690. The molecule has 1 aromatic heterocycles. The zero-order valence-electron chi connectivity index (χ0n) is 8.50. The van der Waals surface area contributed by atoms with Crippen LogP contribution >= 0.6 is 0 Å². The monoisotopic (exact) mass is 241 g/mol. The van der Waals surface area contributed by atoms with Crippen LogP contribution in [0.25, 0.3) is 11.1 Å². The number of pyridine rings is 1. The van der Waals surface area contributed by atoms with Crippen LogP contribution in [-0.2, 0) is 6.18 Å². The van der Waals surface area contributed by atoms with Gasteiger partial charge in [-0.15, -0.1) is 0 Å². The van der Waals surface area contributed by atoms with Gasteiger partial charge in [0.05, 0.1) is 0 Å². The molecule has 0 fully saturated rings. The first-order valence-electron chi connectivity index (χ1n) is 4.77. The molecule has 0 radical (unpaired) electrons. The van der Waals surface area contributed by atoms with E-state index < -0.39 is 23.3 Å². The van der Waals surface area contributed by atoms with Crippen molar-refractivity contribution in [3.8, 4) is 11.1 Å². The summed E-state index contributed by atoms with van der Waals surface area (Å²) in [6, 6.07) is 8.47. The summed E-state index contributed by atoms with van der Waals surface area (Å²) < 4.78 is 51.6. The van der Waals surface area contributed by atoms with Crippen LogP contribution in [-0.4, -0.2) is 4.98 Å². The number of aromatic nitrogens is 1.